The maximum atomic E-state index is 7.44. The Morgan fingerprint density at radius 1 is 0.183 bits per heavy atom. The molecule has 109 heavy (non-hydrogen) atoms. The zero-order chi connectivity index (χ0) is 72.1. The molecule has 4 heterocycles. The van der Waals surface area contributed by atoms with Crippen LogP contribution in [0, 0.1) is 0 Å². The molecule has 0 N–H and O–H groups in total. The van der Waals surface area contributed by atoms with Crippen LogP contribution >= 0.6 is 0 Å². The number of para-hydroxylation sites is 1. The predicted octanol–water partition coefficient (Wildman–Crippen LogP) is 25.5. The standard InChI is InChI=1S/C103H66N4O2/c1-101(2)81-36-14-9-31-75(81)80-51-47-73(57-90(80)101)94-62-92(65-45-43-63(44-46-65)69-48-52-87-96(58-69)108-95-42-20-19-41-86(95)102(87)82-37-15-10-32-76(82)77-33-11-16-38-83(77)102)105-100(107-94)74-30-22-28-68(56-74)71-50-54-89-98(60-71)109-97-59-70(49-53-88(97)103(89)84-39-17-12-34-78(84)79-35-13-18-40-85(79)103)67-27-21-29-72(55-67)93-61-91(64-23-5-3-6-24-64)104-99(106-93)66-25-7-4-8-26-66/h3-62H,1-2H3. The highest BCUT2D eigenvalue weighted by atomic mass is 16.5. The first-order valence-corrected chi connectivity index (χ1v) is 37.5. The first-order valence-electron chi connectivity index (χ1n) is 37.5. The summed E-state index contributed by atoms with van der Waals surface area (Å²) in [4.78, 5) is 21.4. The van der Waals surface area contributed by atoms with Gasteiger partial charge in [-0.15, -0.1) is 0 Å². The van der Waals surface area contributed by atoms with Crippen LogP contribution in [0.2, 0.25) is 0 Å². The Bertz CT molecular complexity index is 6510. The molecule has 0 unspecified atom stereocenters. The topological polar surface area (TPSA) is 70.0 Å². The third-order valence-corrected chi connectivity index (χ3v) is 23.7. The molecule has 2 aliphatic heterocycles. The zero-order valence-electron chi connectivity index (χ0n) is 59.7. The smallest absolute Gasteiger partial charge is 0.160 e. The van der Waals surface area contributed by atoms with Gasteiger partial charge >= 0.3 is 0 Å². The summed E-state index contributed by atoms with van der Waals surface area (Å²) in [5.74, 6) is 4.62. The Hall–Kier alpha value is -13.9. The van der Waals surface area contributed by atoms with Gasteiger partial charge in [0.05, 0.1) is 33.6 Å². The van der Waals surface area contributed by atoms with Gasteiger partial charge < -0.3 is 9.47 Å². The fourth-order valence-electron chi connectivity index (χ4n) is 18.6. The number of ether oxygens (including phenoxy) is 2. The second-order valence-corrected chi connectivity index (χ2v) is 29.8. The quantitative estimate of drug-likeness (QED) is 0.143. The third-order valence-electron chi connectivity index (χ3n) is 23.7. The van der Waals surface area contributed by atoms with Gasteiger partial charge in [0, 0.05) is 61.0 Å². The molecule has 0 fully saturated rings. The van der Waals surface area contributed by atoms with E-state index in [1.807, 2.05) is 24.3 Å². The molecule has 0 saturated carbocycles. The Balaban J connectivity index is 0.645. The van der Waals surface area contributed by atoms with Gasteiger partial charge in [-0.05, 0) is 155 Å². The summed E-state index contributed by atoms with van der Waals surface area (Å²) >= 11 is 0. The predicted molar refractivity (Wildman–Crippen MR) is 439 cm³/mol. The highest BCUT2D eigenvalue weighted by Crippen LogP contribution is 2.65. The van der Waals surface area contributed by atoms with Gasteiger partial charge in [0.1, 0.15) is 23.0 Å². The van der Waals surface area contributed by atoms with Crippen molar-refractivity contribution >= 4 is 0 Å². The number of aromatic nitrogens is 4. The van der Waals surface area contributed by atoms with E-state index in [-0.39, 0.29) is 5.41 Å². The van der Waals surface area contributed by atoms with Crippen molar-refractivity contribution in [2.24, 2.45) is 0 Å². The number of fused-ring (bicyclic) bond motifs is 21. The molecule has 2 spiro atoms. The fourth-order valence-corrected chi connectivity index (χ4v) is 18.6. The van der Waals surface area contributed by atoms with Crippen molar-refractivity contribution in [3.63, 3.8) is 0 Å². The van der Waals surface area contributed by atoms with Gasteiger partial charge in [-0.1, -0.05) is 323 Å². The SMILES string of the molecule is CC1(C)c2ccccc2-c2ccc(-c3cc(-c4ccc(-c5ccc6c(c5)Oc5ccccc5C65c6ccccc6-c6ccccc65)cc4)nc(-c4cccc(-c5ccc6c(c5)Oc5cc(-c7cccc(-c8cc(-c9ccccc9)nc(-c9ccccc9)n8)c7)ccc5C65c6ccccc6-c6ccccc65)c4)n3)cc21. The molecule has 15 aromatic carbocycles. The molecule has 17 aromatic rings. The normalized spacial score (nSPS) is 14.0. The molecule has 5 aliphatic rings. The summed E-state index contributed by atoms with van der Waals surface area (Å²) in [6.45, 7) is 4.67. The van der Waals surface area contributed by atoms with Crippen LogP contribution in [0.4, 0.5) is 0 Å². The van der Waals surface area contributed by atoms with Crippen molar-refractivity contribution < 1.29 is 9.47 Å². The first kappa shape index (κ1) is 62.4. The number of rotatable bonds is 9. The van der Waals surface area contributed by atoms with Gasteiger partial charge in [-0.25, -0.2) is 19.9 Å². The van der Waals surface area contributed by atoms with Crippen LogP contribution in [0.15, 0.2) is 364 Å². The minimum Gasteiger partial charge on any atom is -0.457 e. The van der Waals surface area contributed by atoms with Gasteiger partial charge in [0.2, 0.25) is 0 Å². The number of hydrogen-bond donors (Lipinski definition) is 0. The summed E-state index contributed by atoms with van der Waals surface area (Å²) in [7, 11) is 0. The van der Waals surface area contributed by atoms with Crippen LogP contribution in [0.5, 0.6) is 23.0 Å². The van der Waals surface area contributed by atoms with Crippen LogP contribution < -0.4 is 9.47 Å². The Morgan fingerprint density at radius 2 is 0.486 bits per heavy atom. The minimum absolute atomic E-state index is 0.206. The van der Waals surface area contributed by atoms with E-state index >= 15 is 0 Å². The van der Waals surface area contributed by atoms with E-state index in [1.54, 1.807) is 0 Å². The van der Waals surface area contributed by atoms with E-state index in [9.17, 15) is 0 Å². The summed E-state index contributed by atoms with van der Waals surface area (Å²) in [5.41, 5.74) is 33.7. The van der Waals surface area contributed by atoms with E-state index < -0.39 is 10.8 Å². The number of hydrogen-bond acceptors (Lipinski definition) is 6. The van der Waals surface area contributed by atoms with Crippen molar-refractivity contribution in [2.45, 2.75) is 30.1 Å². The summed E-state index contributed by atoms with van der Waals surface area (Å²) in [5, 5.41) is 0. The van der Waals surface area contributed by atoms with Gasteiger partial charge in [-0.2, -0.15) is 0 Å². The minimum atomic E-state index is -0.681. The monoisotopic (exact) mass is 1390 g/mol. The van der Waals surface area contributed by atoms with Crippen LogP contribution in [-0.2, 0) is 16.2 Å². The van der Waals surface area contributed by atoms with Gasteiger partial charge in [0.15, 0.2) is 11.6 Å². The van der Waals surface area contributed by atoms with Crippen LogP contribution in [-0.4, -0.2) is 19.9 Å². The Morgan fingerprint density at radius 3 is 1.00 bits per heavy atom. The van der Waals surface area contributed by atoms with Crippen LogP contribution in [0.25, 0.3) is 135 Å². The van der Waals surface area contributed by atoms with Gasteiger partial charge in [-0.3, -0.25) is 0 Å². The lowest BCUT2D eigenvalue weighted by atomic mass is 9.65. The molecule has 22 rings (SSSR count). The van der Waals surface area contributed by atoms with Gasteiger partial charge in [0.25, 0.3) is 0 Å². The van der Waals surface area contributed by atoms with E-state index in [2.05, 4.69) is 354 Å². The van der Waals surface area contributed by atoms with Crippen molar-refractivity contribution in [3.8, 4) is 158 Å². The second kappa shape index (κ2) is 24.0. The Labute approximate surface area is 632 Å². The molecule has 6 heteroatoms. The van der Waals surface area contributed by atoms with Crippen molar-refractivity contribution in [3.05, 3.63) is 420 Å². The zero-order valence-corrected chi connectivity index (χ0v) is 59.7. The van der Waals surface area contributed by atoms with Crippen molar-refractivity contribution in [1.82, 2.24) is 19.9 Å². The lowest BCUT2D eigenvalue weighted by Crippen LogP contribution is -2.32. The van der Waals surface area contributed by atoms with E-state index in [0.29, 0.717) is 11.6 Å². The van der Waals surface area contributed by atoms with Crippen molar-refractivity contribution in [1.29, 1.82) is 0 Å². The van der Waals surface area contributed by atoms with Crippen LogP contribution in [0.3, 0.4) is 0 Å². The Kier molecular flexibility index (Phi) is 13.8. The molecule has 0 radical (unpaired) electrons. The largest absolute Gasteiger partial charge is 0.457 e. The van der Waals surface area contributed by atoms with Crippen molar-refractivity contribution in [2.75, 3.05) is 0 Å². The molecule has 0 saturated heterocycles. The molecule has 6 nitrogen and oxygen atoms in total. The maximum Gasteiger partial charge on any atom is 0.160 e. The third kappa shape index (κ3) is 9.47. The summed E-state index contributed by atoms with van der Waals surface area (Å²) < 4.78 is 14.4. The van der Waals surface area contributed by atoms with E-state index in [4.69, 9.17) is 29.4 Å². The number of nitrogens with zero attached hydrogens (tertiary/aromatic N) is 4. The molecular weight excluding hydrogens is 1330 g/mol. The van der Waals surface area contributed by atoms with E-state index in [0.717, 1.165) is 135 Å². The fraction of sp³-hybridized carbons (Fsp3) is 0.0485. The number of benzene rings is 15. The first-order chi connectivity index (χ1) is 53.7. The molecule has 0 amide bonds. The lowest BCUT2D eigenvalue weighted by molar-refractivity contribution is 0.436. The lowest BCUT2D eigenvalue weighted by Gasteiger charge is -2.39. The second-order valence-electron chi connectivity index (χ2n) is 29.8. The maximum absolute atomic E-state index is 7.44. The average Bonchev–Trinajstić information content (AvgIpc) is 1.57. The molecule has 2 aromatic heterocycles. The average molecular weight is 1390 g/mol. The van der Waals surface area contributed by atoms with E-state index in [1.165, 1.54) is 66.8 Å². The highest BCUT2D eigenvalue weighted by molar-refractivity contribution is 5.93. The van der Waals surface area contributed by atoms with Crippen LogP contribution in [0.1, 0.15) is 69.5 Å². The molecule has 3 aliphatic carbocycles. The summed E-state index contributed by atoms with van der Waals surface area (Å²) in [6, 6.07) is 131. The molecular formula is C103H66N4O2. The molecule has 510 valence electrons. The molecule has 0 bridgehead atoms. The molecule has 0 atom stereocenters. The summed E-state index contributed by atoms with van der Waals surface area (Å²) in [6.07, 6.45) is 0. The highest BCUT2D eigenvalue weighted by Gasteiger charge is 2.53.